The lowest BCUT2D eigenvalue weighted by Crippen LogP contribution is -2.30. The highest BCUT2D eigenvalue weighted by molar-refractivity contribution is 9.10. The van der Waals surface area contributed by atoms with E-state index in [1.807, 2.05) is 24.3 Å². The fourth-order valence-electron chi connectivity index (χ4n) is 2.70. The average Bonchev–Trinajstić information content (AvgIpc) is 2.83. The van der Waals surface area contributed by atoms with E-state index in [-0.39, 0.29) is 0 Å². The van der Waals surface area contributed by atoms with Crippen molar-refractivity contribution >= 4 is 49.9 Å². The van der Waals surface area contributed by atoms with Crippen molar-refractivity contribution in [1.29, 1.82) is 0 Å². The quantitative estimate of drug-likeness (QED) is 0.564. The predicted molar refractivity (Wildman–Crippen MR) is 105 cm³/mol. The number of nitrogens with one attached hydrogen (secondary N) is 3. The van der Waals surface area contributed by atoms with E-state index in [2.05, 4.69) is 62.7 Å². The minimum atomic E-state index is 0.639. The first-order chi connectivity index (χ1) is 11.1. The van der Waals surface area contributed by atoms with Gasteiger partial charge in [0.15, 0.2) is 5.11 Å². The molecule has 3 aromatic rings. The average molecular weight is 388 g/mol. The second kappa shape index (κ2) is 7.15. The van der Waals surface area contributed by atoms with E-state index in [1.165, 1.54) is 22.2 Å². The van der Waals surface area contributed by atoms with Crippen LogP contribution in [0.15, 0.2) is 53.0 Å². The number of H-pyrrole nitrogens is 1. The van der Waals surface area contributed by atoms with Gasteiger partial charge in [-0.3, -0.25) is 0 Å². The summed E-state index contributed by atoms with van der Waals surface area (Å²) < 4.78 is 1.03. The molecule has 0 bridgehead atoms. The molecule has 3 rings (SSSR count). The number of benzene rings is 2. The molecular formula is C18H18BrN3S. The molecule has 118 valence electrons. The Bertz CT molecular complexity index is 841. The van der Waals surface area contributed by atoms with Crippen LogP contribution >= 0.6 is 28.1 Å². The lowest BCUT2D eigenvalue weighted by Gasteiger charge is -2.11. The van der Waals surface area contributed by atoms with Crippen molar-refractivity contribution in [1.82, 2.24) is 10.3 Å². The molecule has 3 N–H and O–H groups in total. The Morgan fingerprint density at radius 1 is 1.17 bits per heavy atom. The molecule has 0 aliphatic carbocycles. The smallest absolute Gasteiger partial charge is 0.170 e. The highest BCUT2D eigenvalue weighted by Crippen LogP contribution is 2.22. The third-order valence-corrected chi connectivity index (χ3v) is 4.51. The summed E-state index contributed by atoms with van der Waals surface area (Å²) in [6.07, 6.45) is 0.927. The molecule has 0 amide bonds. The van der Waals surface area contributed by atoms with Crippen molar-refractivity contribution < 1.29 is 0 Å². The van der Waals surface area contributed by atoms with Crippen LogP contribution in [0, 0.1) is 6.92 Å². The maximum Gasteiger partial charge on any atom is 0.170 e. The Kier molecular flexibility index (Phi) is 4.98. The summed E-state index contributed by atoms with van der Waals surface area (Å²) in [7, 11) is 0. The van der Waals surface area contributed by atoms with Crippen LogP contribution in [-0.2, 0) is 6.42 Å². The SMILES string of the molecule is Cc1[nH]c2ccccc2c1CCNC(=S)Nc1cccc(Br)c1. The largest absolute Gasteiger partial charge is 0.362 e. The molecule has 0 radical (unpaired) electrons. The Morgan fingerprint density at radius 3 is 2.83 bits per heavy atom. The molecule has 0 aliphatic heterocycles. The van der Waals surface area contributed by atoms with Crippen LogP contribution in [0.1, 0.15) is 11.3 Å². The van der Waals surface area contributed by atoms with Gasteiger partial charge in [-0.1, -0.05) is 40.2 Å². The molecule has 0 atom stereocenters. The molecule has 0 unspecified atom stereocenters. The first-order valence-electron chi connectivity index (χ1n) is 7.50. The molecule has 2 aromatic carbocycles. The molecule has 5 heteroatoms. The highest BCUT2D eigenvalue weighted by atomic mass is 79.9. The molecule has 0 saturated heterocycles. The van der Waals surface area contributed by atoms with Gasteiger partial charge in [-0.2, -0.15) is 0 Å². The molecule has 0 fully saturated rings. The van der Waals surface area contributed by atoms with E-state index < -0.39 is 0 Å². The minimum absolute atomic E-state index is 0.639. The fourth-order valence-corrected chi connectivity index (χ4v) is 3.32. The molecule has 0 saturated carbocycles. The number of thiocarbonyl (C=S) groups is 1. The van der Waals surface area contributed by atoms with Gasteiger partial charge in [0.05, 0.1) is 0 Å². The van der Waals surface area contributed by atoms with Crippen LogP contribution in [0.2, 0.25) is 0 Å². The first-order valence-corrected chi connectivity index (χ1v) is 8.70. The van der Waals surface area contributed by atoms with Gasteiger partial charge >= 0.3 is 0 Å². The van der Waals surface area contributed by atoms with Gasteiger partial charge in [0.2, 0.25) is 0 Å². The fraction of sp³-hybridized carbons (Fsp3) is 0.167. The number of hydrogen-bond acceptors (Lipinski definition) is 1. The van der Waals surface area contributed by atoms with Crippen molar-refractivity contribution in [2.75, 3.05) is 11.9 Å². The number of halogens is 1. The summed E-state index contributed by atoms with van der Waals surface area (Å²) in [5, 5.41) is 8.40. The lowest BCUT2D eigenvalue weighted by atomic mass is 10.1. The van der Waals surface area contributed by atoms with Crippen LogP contribution < -0.4 is 10.6 Å². The number of fused-ring (bicyclic) bond motifs is 1. The van der Waals surface area contributed by atoms with Gasteiger partial charge in [0.25, 0.3) is 0 Å². The summed E-state index contributed by atoms with van der Waals surface area (Å²) in [5.41, 5.74) is 4.73. The summed E-state index contributed by atoms with van der Waals surface area (Å²) in [5.74, 6) is 0. The summed E-state index contributed by atoms with van der Waals surface area (Å²) in [4.78, 5) is 3.43. The molecule has 1 aromatic heterocycles. The van der Waals surface area contributed by atoms with Crippen molar-refractivity contribution in [3.8, 4) is 0 Å². The minimum Gasteiger partial charge on any atom is -0.362 e. The van der Waals surface area contributed by atoms with Gasteiger partial charge in [-0.15, -0.1) is 0 Å². The van der Waals surface area contributed by atoms with Crippen LogP contribution in [0.3, 0.4) is 0 Å². The highest BCUT2D eigenvalue weighted by Gasteiger charge is 2.07. The van der Waals surface area contributed by atoms with Crippen LogP contribution in [0.25, 0.3) is 10.9 Å². The van der Waals surface area contributed by atoms with Crippen molar-refractivity contribution in [2.24, 2.45) is 0 Å². The summed E-state index contributed by atoms with van der Waals surface area (Å²) >= 11 is 8.81. The summed E-state index contributed by atoms with van der Waals surface area (Å²) in [6, 6.07) is 16.3. The number of aromatic amines is 1. The van der Waals surface area contributed by atoms with Gasteiger partial charge in [0.1, 0.15) is 0 Å². The number of rotatable bonds is 4. The van der Waals surface area contributed by atoms with Crippen molar-refractivity contribution in [3.63, 3.8) is 0 Å². The topological polar surface area (TPSA) is 39.9 Å². The number of aromatic nitrogens is 1. The van der Waals surface area contributed by atoms with Crippen LogP contribution in [-0.4, -0.2) is 16.6 Å². The van der Waals surface area contributed by atoms with Crippen molar-refractivity contribution in [2.45, 2.75) is 13.3 Å². The van der Waals surface area contributed by atoms with Gasteiger partial charge in [-0.25, -0.2) is 0 Å². The van der Waals surface area contributed by atoms with Crippen molar-refractivity contribution in [3.05, 3.63) is 64.3 Å². The zero-order valence-electron chi connectivity index (χ0n) is 12.8. The maximum absolute atomic E-state index is 5.36. The Balaban J connectivity index is 1.58. The van der Waals surface area contributed by atoms with Gasteiger partial charge in [0, 0.05) is 33.3 Å². The monoisotopic (exact) mass is 387 g/mol. The number of para-hydroxylation sites is 1. The van der Waals surface area contributed by atoms with Crippen LogP contribution in [0.5, 0.6) is 0 Å². The lowest BCUT2D eigenvalue weighted by molar-refractivity contribution is 0.871. The molecular weight excluding hydrogens is 370 g/mol. The zero-order chi connectivity index (χ0) is 16.2. The van der Waals surface area contributed by atoms with Crippen LogP contribution in [0.4, 0.5) is 5.69 Å². The zero-order valence-corrected chi connectivity index (χ0v) is 15.2. The maximum atomic E-state index is 5.36. The Morgan fingerprint density at radius 2 is 2.00 bits per heavy atom. The first kappa shape index (κ1) is 16.0. The number of anilines is 1. The molecule has 0 spiro atoms. The number of hydrogen-bond donors (Lipinski definition) is 3. The second-order valence-electron chi connectivity index (χ2n) is 5.42. The number of aryl methyl sites for hydroxylation is 1. The molecule has 3 nitrogen and oxygen atoms in total. The van der Waals surface area contributed by atoms with Gasteiger partial charge in [-0.05, 0) is 55.4 Å². The summed E-state index contributed by atoms with van der Waals surface area (Å²) in [6.45, 7) is 2.91. The Labute approximate surface area is 149 Å². The molecule has 23 heavy (non-hydrogen) atoms. The standard InChI is InChI=1S/C18H18BrN3S/c1-12-15(16-7-2-3-8-17(16)21-12)9-10-20-18(23)22-14-6-4-5-13(19)11-14/h2-8,11,21H,9-10H2,1H3,(H2,20,22,23). The van der Waals surface area contributed by atoms with E-state index in [4.69, 9.17) is 12.2 Å². The van der Waals surface area contributed by atoms with E-state index in [1.54, 1.807) is 0 Å². The van der Waals surface area contributed by atoms with Gasteiger partial charge < -0.3 is 15.6 Å². The van der Waals surface area contributed by atoms with E-state index in [0.717, 1.165) is 23.1 Å². The molecule has 1 heterocycles. The van der Waals surface area contributed by atoms with E-state index in [9.17, 15) is 0 Å². The van der Waals surface area contributed by atoms with E-state index >= 15 is 0 Å². The Hall–Kier alpha value is -1.85. The normalized spacial score (nSPS) is 10.7. The molecule has 0 aliphatic rings. The predicted octanol–water partition coefficient (Wildman–Crippen LogP) is 4.77. The second-order valence-corrected chi connectivity index (χ2v) is 6.74. The third kappa shape index (κ3) is 3.92. The van der Waals surface area contributed by atoms with E-state index in [0.29, 0.717) is 5.11 Å². The third-order valence-electron chi connectivity index (χ3n) is 3.77.